The number of hydroxylamine groups is 1. The molecule has 6 nitrogen and oxygen atoms in total. The van der Waals surface area contributed by atoms with Gasteiger partial charge in [0.25, 0.3) is 5.91 Å². The standard InChI is InChI=1S/C26H34N4O2/c1-26(2,18-29(3)4)19-30-23-15-13-21(14-16-25(31)28-32)17-22(23)27-24(30)12-8-11-20-9-6-5-7-10-20/h5-7,9-10,13-17,32H,8,11-12,18-19H2,1-4H3,(H,28,31). The molecule has 0 fully saturated rings. The highest BCUT2D eigenvalue weighted by Gasteiger charge is 2.23. The minimum atomic E-state index is -0.553. The summed E-state index contributed by atoms with van der Waals surface area (Å²) in [6, 6.07) is 16.6. The summed E-state index contributed by atoms with van der Waals surface area (Å²) in [6.07, 6.45) is 5.94. The van der Waals surface area contributed by atoms with Crippen molar-refractivity contribution in [2.75, 3.05) is 20.6 Å². The van der Waals surface area contributed by atoms with Crippen molar-refractivity contribution in [1.29, 1.82) is 0 Å². The molecule has 1 aromatic heterocycles. The molecule has 3 rings (SSSR count). The van der Waals surface area contributed by atoms with Gasteiger partial charge in [-0.15, -0.1) is 0 Å². The van der Waals surface area contributed by atoms with Gasteiger partial charge in [0.1, 0.15) is 5.82 Å². The van der Waals surface area contributed by atoms with Crippen LogP contribution in [0.3, 0.4) is 0 Å². The highest BCUT2D eigenvalue weighted by atomic mass is 16.5. The van der Waals surface area contributed by atoms with Gasteiger partial charge in [-0.25, -0.2) is 10.5 Å². The lowest BCUT2D eigenvalue weighted by Crippen LogP contribution is -2.32. The van der Waals surface area contributed by atoms with Crippen molar-refractivity contribution in [3.8, 4) is 0 Å². The lowest BCUT2D eigenvalue weighted by Gasteiger charge is -2.29. The number of nitrogens with one attached hydrogen (secondary N) is 1. The second-order valence-corrected chi connectivity index (χ2v) is 9.41. The molecule has 0 radical (unpaired) electrons. The Hall–Kier alpha value is -2.96. The number of benzene rings is 2. The van der Waals surface area contributed by atoms with E-state index in [1.165, 1.54) is 11.6 Å². The summed E-state index contributed by atoms with van der Waals surface area (Å²) in [4.78, 5) is 18.5. The van der Waals surface area contributed by atoms with Crippen molar-refractivity contribution in [2.45, 2.75) is 39.7 Å². The maximum atomic E-state index is 11.3. The normalized spacial score (nSPS) is 12.2. The third-order valence-corrected chi connectivity index (χ3v) is 5.43. The third-order valence-electron chi connectivity index (χ3n) is 5.43. The number of amides is 1. The second kappa shape index (κ2) is 10.6. The molecule has 2 aromatic carbocycles. The van der Waals surface area contributed by atoms with Gasteiger partial charge in [-0.1, -0.05) is 50.2 Å². The van der Waals surface area contributed by atoms with Crippen LogP contribution in [0.25, 0.3) is 17.1 Å². The number of carbonyl (C=O) groups is 1. The number of hydrogen-bond acceptors (Lipinski definition) is 4. The maximum Gasteiger partial charge on any atom is 0.267 e. The first-order valence-electron chi connectivity index (χ1n) is 11.1. The van der Waals surface area contributed by atoms with Gasteiger partial charge in [-0.05, 0) is 61.7 Å². The number of aryl methyl sites for hydroxylation is 2. The zero-order valence-electron chi connectivity index (χ0n) is 19.5. The van der Waals surface area contributed by atoms with Crippen molar-refractivity contribution in [3.63, 3.8) is 0 Å². The topological polar surface area (TPSA) is 70.4 Å². The van der Waals surface area contributed by atoms with Crippen LogP contribution in [0.1, 0.15) is 37.2 Å². The molecular weight excluding hydrogens is 400 g/mol. The molecule has 32 heavy (non-hydrogen) atoms. The summed E-state index contributed by atoms with van der Waals surface area (Å²) in [5, 5.41) is 8.69. The van der Waals surface area contributed by atoms with E-state index < -0.39 is 5.91 Å². The van der Waals surface area contributed by atoms with E-state index in [1.54, 1.807) is 11.6 Å². The molecule has 0 atom stereocenters. The molecule has 1 amide bonds. The van der Waals surface area contributed by atoms with Gasteiger partial charge >= 0.3 is 0 Å². The zero-order chi connectivity index (χ0) is 23.1. The van der Waals surface area contributed by atoms with Gasteiger partial charge in [-0.2, -0.15) is 0 Å². The fourth-order valence-electron chi connectivity index (χ4n) is 4.31. The molecule has 0 spiro atoms. The second-order valence-electron chi connectivity index (χ2n) is 9.41. The van der Waals surface area contributed by atoms with Crippen LogP contribution in [0, 0.1) is 5.41 Å². The summed E-state index contributed by atoms with van der Waals surface area (Å²) in [5.41, 5.74) is 5.94. The average molecular weight is 435 g/mol. The van der Waals surface area contributed by atoms with Gasteiger partial charge in [0.2, 0.25) is 0 Å². The Bertz CT molecular complexity index is 1070. The van der Waals surface area contributed by atoms with Crippen molar-refractivity contribution < 1.29 is 10.0 Å². The summed E-state index contributed by atoms with van der Waals surface area (Å²) < 4.78 is 2.36. The van der Waals surface area contributed by atoms with Crippen LogP contribution in [0.5, 0.6) is 0 Å². The van der Waals surface area contributed by atoms with Gasteiger partial charge < -0.3 is 9.47 Å². The van der Waals surface area contributed by atoms with Gasteiger partial charge in [-0.3, -0.25) is 10.0 Å². The Balaban J connectivity index is 1.89. The molecule has 6 heteroatoms. The van der Waals surface area contributed by atoms with Gasteiger partial charge in [0.15, 0.2) is 0 Å². The molecule has 0 unspecified atom stereocenters. The van der Waals surface area contributed by atoms with E-state index in [0.717, 1.165) is 54.8 Å². The van der Waals surface area contributed by atoms with Crippen LogP contribution >= 0.6 is 0 Å². The molecule has 1 heterocycles. The summed E-state index contributed by atoms with van der Waals surface area (Å²) in [5.74, 6) is 0.541. The van der Waals surface area contributed by atoms with E-state index in [2.05, 4.69) is 67.7 Å². The zero-order valence-corrected chi connectivity index (χ0v) is 19.5. The molecule has 0 saturated heterocycles. The Kier molecular flexibility index (Phi) is 7.83. The quantitative estimate of drug-likeness (QED) is 0.283. The predicted molar refractivity (Wildman–Crippen MR) is 129 cm³/mol. The predicted octanol–water partition coefficient (Wildman–Crippen LogP) is 4.32. The Morgan fingerprint density at radius 3 is 2.59 bits per heavy atom. The first-order valence-corrected chi connectivity index (χ1v) is 11.1. The average Bonchev–Trinajstić information content (AvgIpc) is 3.07. The fraction of sp³-hybridized carbons (Fsp3) is 0.385. The number of hydrogen-bond donors (Lipinski definition) is 2. The van der Waals surface area contributed by atoms with Crippen LogP contribution in [0.15, 0.2) is 54.6 Å². The Morgan fingerprint density at radius 1 is 1.16 bits per heavy atom. The minimum absolute atomic E-state index is 0.0864. The Morgan fingerprint density at radius 2 is 1.91 bits per heavy atom. The van der Waals surface area contributed by atoms with Crippen LogP contribution < -0.4 is 5.48 Å². The SMILES string of the molecule is CN(C)CC(C)(C)Cn1c(CCCc2ccccc2)nc2cc(C=CC(=O)NO)ccc21. The van der Waals surface area contributed by atoms with Crippen LogP contribution in [-0.2, 0) is 24.2 Å². The molecule has 0 saturated carbocycles. The first kappa shape index (κ1) is 23.7. The Labute approximate surface area is 190 Å². The van der Waals surface area contributed by atoms with E-state index in [-0.39, 0.29) is 5.41 Å². The van der Waals surface area contributed by atoms with Crippen LogP contribution in [-0.4, -0.2) is 46.2 Å². The van der Waals surface area contributed by atoms with Crippen molar-refractivity contribution in [1.82, 2.24) is 19.9 Å². The molecule has 0 bridgehead atoms. The van der Waals surface area contributed by atoms with E-state index >= 15 is 0 Å². The van der Waals surface area contributed by atoms with Gasteiger partial charge in [0.05, 0.1) is 11.0 Å². The van der Waals surface area contributed by atoms with E-state index in [1.807, 2.05) is 18.2 Å². The molecule has 3 aromatic rings. The highest BCUT2D eigenvalue weighted by molar-refractivity contribution is 5.91. The molecule has 0 aliphatic carbocycles. The summed E-state index contributed by atoms with van der Waals surface area (Å²) in [6.45, 7) is 6.44. The first-order chi connectivity index (χ1) is 15.3. The molecule has 2 N–H and O–H groups in total. The van der Waals surface area contributed by atoms with Crippen molar-refractivity contribution in [2.24, 2.45) is 5.41 Å². The smallest absolute Gasteiger partial charge is 0.267 e. The van der Waals surface area contributed by atoms with Crippen LogP contribution in [0.2, 0.25) is 0 Å². The molecule has 170 valence electrons. The van der Waals surface area contributed by atoms with Crippen molar-refractivity contribution >= 4 is 23.0 Å². The van der Waals surface area contributed by atoms with E-state index in [4.69, 9.17) is 10.2 Å². The highest BCUT2D eigenvalue weighted by Crippen LogP contribution is 2.26. The number of rotatable bonds is 10. The van der Waals surface area contributed by atoms with Crippen molar-refractivity contribution in [3.05, 3.63) is 71.6 Å². The summed E-state index contributed by atoms with van der Waals surface area (Å²) in [7, 11) is 4.21. The van der Waals surface area contributed by atoms with Crippen LogP contribution in [0.4, 0.5) is 0 Å². The summed E-state index contributed by atoms with van der Waals surface area (Å²) >= 11 is 0. The molecule has 0 aliphatic rings. The number of nitrogens with zero attached hydrogens (tertiary/aromatic N) is 3. The number of aromatic nitrogens is 2. The third kappa shape index (κ3) is 6.52. The number of carbonyl (C=O) groups excluding carboxylic acids is 1. The molecular formula is C26H34N4O2. The maximum absolute atomic E-state index is 11.3. The monoisotopic (exact) mass is 434 g/mol. The number of fused-ring (bicyclic) bond motifs is 1. The fourth-order valence-corrected chi connectivity index (χ4v) is 4.31. The van der Waals surface area contributed by atoms with E-state index in [0.29, 0.717) is 0 Å². The lowest BCUT2D eigenvalue weighted by atomic mass is 9.92. The largest absolute Gasteiger partial charge is 0.327 e. The molecule has 0 aliphatic heterocycles. The lowest BCUT2D eigenvalue weighted by molar-refractivity contribution is -0.124. The number of imidazole rings is 1. The minimum Gasteiger partial charge on any atom is -0.327 e. The van der Waals surface area contributed by atoms with Gasteiger partial charge in [0, 0.05) is 25.6 Å². The van der Waals surface area contributed by atoms with E-state index in [9.17, 15) is 4.79 Å².